The third-order valence-corrected chi connectivity index (χ3v) is 8.79. The second-order valence-corrected chi connectivity index (χ2v) is 11.7. The maximum absolute atomic E-state index is 6.43. The molecule has 3 N–H and O–H groups in total. The average Bonchev–Trinajstić information content (AvgIpc) is 3.72. The van der Waals surface area contributed by atoms with Crippen LogP contribution < -0.4 is 11.1 Å². The van der Waals surface area contributed by atoms with Crippen molar-refractivity contribution in [2.24, 2.45) is 0 Å². The normalized spacial score (nSPS) is 15.4. The number of pyridine rings is 2. The summed E-state index contributed by atoms with van der Waals surface area (Å²) >= 11 is 0. The van der Waals surface area contributed by atoms with Crippen molar-refractivity contribution in [2.45, 2.75) is 58.8 Å². The highest BCUT2D eigenvalue weighted by Gasteiger charge is 2.17. The van der Waals surface area contributed by atoms with Gasteiger partial charge in [-0.25, -0.2) is 4.98 Å². The number of likely N-dealkylation sites (tertiary alicyclic amines) is 1. The number of hydrogen-bond donors (Lipinski definition) is 2. The molecule has 5 heteroatoms. The maximum atomic E-state index is 6.43. The monoisotopic (exact) mass is 571 g/mol. The summed E-state index contributed by atoms with van der Waals surface area (Å²) in [5.74, 6) is 0. The first-order valence-corrected chi connectivity index (χ1v) is 15.6. The van der Waals surface area contributed by atoms with Crippen molar-refractivity contribution >= 4 is 22.5 Å². The van der Waals surface area contributed by atoms with Gasteiger partial charge in [-0.1, -0.05) is 44.0 Å². The molecule has 1 saturated heterocycles. The van der Waals surface area contributed by atoms with Crippen molar-refractivity contribution in [3.05, 3.63) is 120 Å². The molecule has 1 fully saturated rings. The molecule has 2 aliphatic rings. The molecular formula is C38H45N5. The molecule has 0 spiro atoms. The van der Waals surface area contributed by atoms with Gasteiger partial charge in [0.1, 0.15) is 0 Å². The van der Waals surface area contributed by atoms with E-state index in [0.717, 1.165) is 59.6 Å². The van der Waals surface area contributed by atoms with E-state index in [1.807, 2.05) is 37.4 Å². The van der Waals surface area contributed by atoms with Crippen molar-refractivity contribution in [1.82, 2.24) is 14.9 Å². The van der Waals surface area contributed by atoms with E-state index in [-0.39, 0.29) is 0 Å². The number of allylic oxidation sites excluding steroid dienone is 6. The van der Waals surface area contributed by atoms with Gasteiger partial charge in [-0.05, 0) is 137 Å². The largest absolute Gasteiger partial charge is 0.397 e. The lowest BCUT2D eigenvalue weighted by atomic mass is 10.00. The highest BCUT2D eigenvalue weighted by molar-refractivity contribution is 5.86. The Labute approximate surface area is 257 Å². The van der Waals surface area contributed by atoms with Gasteiger partial charge in [-0.15, -0.1) is 0 Å². The van der Waals surface area contributed by atoms with Gasteiger partial charge >= 0.3 is 0 Å². The van der Waals surface area contributed by atoms with Gasteiger partial charge in [0.05, 0.1) is 22.8 Å². The van der Waals surface area contributed by atoms with Crippen LogP contribution in [0.2, 0.25) is 0 Å². The van der Waals surface area contributed by atoms with Crippen LogP contribution in [0.5, 0.6) is 0 Å². The first-order valence-electron chi connectivity index (χ1n) is 15.6. The van der Waals surface area contributed by atoms with Crippen LogP contribution >= 0.6 is 0 Å². The topological polar surface area (TPSA) is 67.1 Å². The first kappa shape index (κ1) is 30.2. The standard InChI is InChI=1S/C38H45N5/c1-6-29(12-11-23-43-21-8-9-22-43)24-30(7-2)36-18-17-34(39)38(42-36)26(3)28(5)41-35-19-20-40-37(27(35)4)33-16-15-31-13-10-14-32(31)25-33/h6-7,15-20,24-25H,1,3,5,8-14,21-23,39H2,2,4H3,(H,40,41)/b29-24+,30-7+. The van der Waals surface area contributed by atoms with Crippen LogP contribution in [0, 0.1) is 6.92 Å². The molecule has 0 saturated carbocycles. The van der Waals surface area contributed by atoms with Crippen LogP contribution in [0.1, 0.15) is 67.1 Å². The Bertz CT molecular complexity index is 1590. The van der Waals surface area contributed by atoms with Crippen molar-refractivity contribution in [1.29, 1.82) is 0 Å². The molecule has 0 bridgehead atoms. The number of aryl methyl sites for hydroxylation is 2. The molecule has 222 valence electrons. The predicted octanol–water partition coefficient (Wildman–Crippen LogP) is 8.55. The predicted molar refractivity (Wildman–Crippen MR) is 184 cm³/mol. The van der Waals surface area contributed by atoms with Gasteiger partial charge in [0.25, 0.3) is 0 Å². The fraction of sp³-hybridized carbons (Fsp3) is 0.316. The SMILES string of the molecule is C=C/C(=C\C(=C/C)c1ccc(N)c(C(=C)C(=C)Nc2ccnc(-c3ccc4c(c3)CCC4)c2C)n1)CCCN1CCCC1. The fourth-order valence-corrected chi connectivity index (χ4v) is 6.19. The number of benzene rings is 1. The van der Waals surface area contributed by atoms with Crippen molar-refractivity contribution < 1.29 is 0 Å². The number of hydrogen-bond acceptors (Lipinski definition) is 5. The Balaban J connectivity index is 1.31. The van der Waals surface area contributed by atoms with Gasteiger partial charge < -0.3 is 16.0 Å². The summed E-state index contributed by atoms with van der Waals surface area (Å²) < 4.78 is 0. The van der Waals surface area contributed by atoms with Gasteiger partial charge in [0.2, 0.25) is 0 Å². The number of aromatic nitrogens is 2. The van der Waals surface area contributed by atoms with E-state index in [2.05, 4.69) is 67.2 Å². The van der Waals surface area contributed by atoms with Crippen LogP contribution in [0.3, 0.4) is 0 Å². The lowest BCUT2D eigenvalue weighted by Gasteiger charge is -2.18. The fourth-order valence-electron chi connectivity index (χ4n) is 6.19. The molecule has 3 aromatic rings. The van der Waals surface area contributed by atoms with E-state index in [1.165, 1.54) is 55.5 Å². The second-order valence-electron chi connectivity index (χ2n) is 11.7. The molecule has 0 radical (unpaired) electrons. The zero-order valence-corrected chi connectivity index (χ0v) is 25.9. The second kappa shape index (κ2) is 13.8. The molecule has 5 rings (SSSR count). The third-order valence-electron chi connectivity index (χ3n) is 8.79. The summed E-state index contributed by atoms with van der Waals surface area (Å²) in [5.41, 5.74) is 19.0. The number of nitrogens with zero attached hydrogens (tertiary/aromatic N) is 3. The summed E-state index contributed by atoms with van der Waals surface area (Å²) in [6.07, 6.45) is 16.4. The first-order chi connectivity index (χ1) is 20.9. The number of nitrogen functional groups attached to an aromatic ring is 1. The maximum Gasteiger partial charge on any atom is 0.0953 e. The van der Waals surface area contributed by atoms with Gasteiger partial charge in [0.15, 0.2) is 0 Å². The zero-order valence-electron chi connectivity index (χ0n) is 25.9. The van der Waals surface area contributed by atoms with Crippen LogP contribution in [-0.4, -0.2) is 34.5 Å². The van der Waals surface area contributed by atoms with Gasteiger partial charge in [-0.2, -0.15) is 0 Å². The average molecular weight is 572 g/mol. The molecular weight excluding hydrogens is 526 g/mol. The Morgan fingerprint density at radius 3 is 2.60 bits per heavy atom. The van der Waals surface area contributed by atoms with E-state index in [4.69, 9.17) is 15.7 Å². The van der Waals surface area contributed by atoms with Gasteiger partial charge in [-0.3, -0.25) is 4.98 Å². The molecule has 0 amide bonds. The molecule has 43 heavy (non-hydrogen) atoms. The lowest BCUT2D eigenvalue weighted by molar-refractivity contribution is 0.334. The minimum absolute atomic E-state index is 0.566. The van der Waals surface area contributed by atoms with Crippen molar-refractivity contribution in [3.63, 3.8) is 0 Å². The quantitative estimate of drug-likeness (QED) is 0.213. The summed E-state index contributed by atoms with van der Waals surface area (Å²) in [4.78, 5) is 12.2. The molecule has 0 unspecified atom stereocenters. The summed E-state index contributed by atoms with van der Waals surface area (Å²) in [7, 11) is 0. The number of rotatable bonds is 12. The van der Waals surface area contributed by atoms with E-state index in [9.17, 15) is 0 Å². The molecule has 3 heterocycles. The molecule has 1 aliphatic carbocycles. The minimum Gasteiger partial charge on any atom is -0.397 e. The van der Waals surface area contributed by atoms with Gasteiger partial charge in [0, 0.05) is 28.7 Å². The number of nitrogens with one attached hydrogen (secondary N) is 1. The summed E-state index contributed by atoms with van der Waals surface area (Å²) in [6.45, 7) is 20.4. The van der Waals surface area contributed by atoms with E-state index in [0.29, 0.717) is 22.7 Å². The Morgan fingerprint density at radius 2 is 1.84 bits per heavy atom. The Hall–Kier alpha value is -4.22. The molecule has 5 nitrogen and oxygen atoms in total. The van der Waals surface area contributed by atoms with E-state index >= 15 is 0 Å². The minimum atomic E-state index is 0.566. The third kappa shape index (κ3) is 7.06. The highest BCUT2D eigenvalue weighted by Crippen LogP contribution is 2.33. The lowest BCUT2D eigenvalue weighted by Crippen LogP contribution is -2.20. The summed E-state index contributed by atoms with van der Waals surface area (Å²) in [5, 5.41) is 3.48. The molecule has 1 aromatic carbocycles. The Morgan fingerprint density at radius 1 is 1.05 bits per heavy atom. The summed E-state index contributed by atoms with van der Waals surface area (Å²) in [6, 6.07) is 12.6. The van der Waals surface area contributed by atoms with Crippen molar-refractivity contribution in [3.8, 4) is 11.3 Å². The molecule has 2 aromatic heterocycles. The number of nitrogens with two attached hydrogens (primary N) is 1. The number of anilines is 2. The van der Waals surface area contributed by atoms with E-state index in [1.54, 1.807) is 0 Å². The van der Waals surface area contributed by atoms with Crippen LogP contribution in [0.15, 0.2) is 91.8 Å². The van der Waals surface area contributed by atoms with Crippen LogP contribution in [-0.2, 0) is 12.8 Å². The van der Waals surface area contributed by atoms with Crippen LogP contribution in [0.25, 0.3) is 22.4 Å². The zero-order chi connectivity index (χ0) is 30.3. The highest BCUT2D eigenvalue weighted by atomic mass is 15.1. The van der Waals surface area contributed by atoms with E-state index < -0.39 is 0 Å². The van der Waals surface area contributed by atoms with Crippen LogP contribution in [0.4, 0.5) is 11.4 Å². The molecule has 0 atom stereocenters. The number of fused-ring (bicyclic) bond motifs is 1. The smallest absolute Gasteiger partial charge is 0.0953 e. The van der Waals surface area contributed by atoms with Crippen molar-refractivity contribution in [2.75, 3.05) is 30.7 Å². The molecule has 1 aliphatic heterocycles. The Kier molecular flexibility index (Phi) is 9.73.